The molecule has 0 aliphatic heterocycles. The molecule has 0 bridgehead atoms. The Balaban J connectivity index is 2.31. The molecule has 0 spiro atoms. The van der Waals surface area contributed by atoms with Gasteiger partial charge in [0.1, 0.15) is 11.3 Å². The van der Waals surface area contributed by atoms with E-state index in [1.165, 1.54) is 0 Å². The van der Waals surface area contributed by atoms with Crippen LogP contribution >= 0.6 is 0 Å². The summed E-state index contributed by atoms with van der Waals surface area (Å²) in [6.07, 6.45) is 7.14. The Bertz CT molecular complexity index is 740. The van der Waals surface area contributed by atoms with Gasteiger partial charge in [0.25, 0.3) is 5.56 Å². The minimum absolute atomic E-state index is 0.0596. The smallest absolute Gasteiger partial charge is 0.280 e. The van der Waals surface area contributed by atoms with Crippen molar-refractivity contribution in [2.75, 3.05) is 0 Å². The van der Waals surface area contributed by atoms with Crippen LogP contribution in [0.1, 0.15) is 5.56 Å². The molecule has 3 aromatic rings. The zero-order valence-electron chi connectivity index (χ0n) is 9.37. The molecule has 3 aromatic heterocycles. The molecule has 0 saturated heterocycles. The van der Waals surface area contributed by atoms with Gasteiger partial charge < -0.3 is 4.40 Å². The lowest BCUT2D eigenvalue weighted by Gasteiger charge is -2.05. The van der Waals surface area contributed by atoms with Crippen LogP contribution in [0.4, 0.5) is 0 Å². The van der Waals surface area contributed by atoms with E-state index in [4.69, 9.17) is 0 Å². The molecule has 0 aliphatic carbocycles. The number of aromatic nitrogens is 3. The van der Waals surface area contributed by atoms with Gasteiger partial charge in [-0.1, -0.05) is 0 Å². The third-order valence-corrected chi connectivity index (χ3v) is 2.74. The summed E-state index contributed by atoms with van der Waals surface area (Å²) in [6.45, 7) is 1.98. The van der Waals surface area contributed by atoms with Gasteiger partial charge in [-0.3, -0.25) is 9.36 Å². The Morgan fingerprint density at radius 3 is 2.88 bits per heavy atom. The summed E-state index contributed by atoms with van der Waals surface area (Å²) in [5.41, 5.74) is 1.67. The maximum Gasteiger partial charge on any atom is 0.280 e. The summed E-state index contributed by atoms with van der Waals surface area (Å²) in [6, 6.07) is 7.45. The van der Waals surface area contributed by atoms with E-state index in [9.17, 15) is 4.79 Å². The van der Waals surface area contributed by atoms with Gasteiger partial charge in [0.15, 0.2) is 0 Å². The lowest BCUT2D eigenvalue weighted by Crippen LogP contribution is -2.20. The van der Waals surface area contributed by atoms with Gasteiger partial charge in [0.2, 0.25) is 0 Å². The predicted molar refractivity (Wildman–Crippen MR) is 65.5 cm³/mol. The Hall–Kier alpha value is -2.36. The Morgan fingerprint density at radius 2 is 2.06 bits per heavy atom. The highest BCUT2D eigenvalue weighted by Gasteiger charge is 2.04. The molecule has 0 aliphatic rings. The lowest BCUT2D eigenvalue weighted by atomic mass is 10.3. The van der Waals surface area contributed by atoms with Crippen LogP contribution in [0.5, 0.6) is 0 Å². The number of fused-ring (bicyclic) bond motifs is 1. The van der Waals surface area contributed by atoms with Crippen LogP contribution in [0.25, 0.3) is 11.3 Å². The van der Waals surface area contributed by atoms with Crippen LogP contribution in [-0.4, -0.2) is 14.0 Å². The quantitative estimate of drug-likeness (QED) is 0.633. The third kappa shape index (κ3) is 1.54. The molecule has 0 unspecified atom stereocenters. The zero-order valence-corrected chi connectivity index (χ0v) is 9.37. The van der Waals surface area contributed by atoms with Crippen molar-refractivity contribution in [1.82, 2.24) is 14.0 Å². The van der Waals surface area contributed by atoms with E-state index in [1.54, 1.807) is 27.4 Å². The van der Waals surface area contributed by atoms with E-state index in [0.717, 1.165) is 5.56 Å². The van der Waals surface area contributed by atoms with Gasteiger partial charge in [-0.15, -0.1) is 0 Å². The lowest BCUT2D eigenvalue weighted by molar-refractivity contribution is 0.917. The number of aryl methyl sites for hydroxylation is 1. The minimum Gasteiger partial charge on any atom is -0.318 e. The van der Waals surface area contributed by atoms with Crippen molar-refractivity contribution >= 4 is 5.52 Å². The topological polar surface area (TPSA) is 39.3 Å². The first-order valence-corrected chi connectivity index (χ1v) is 5.37. The van der Waals surface area contributed by atoms with Crippen LogP contribution in [0.2, 0.25) is 0 Å². The molecule has 84 valence electrons. The molecule has 0 atom stereocenters. The number of nitrogens with zero attached hydrogens (tertiary/aromatic N) is 3. The highest BCUT2D eigenvalue weighted by atomic mass is 16.1. The van der Waals surface area contributed by atoms with E-state index >= 15 is 0 Å². The second-order valence-corrected chi connectivity index (χ2v) is 3.97. The fourth-order valence-corrected chi connectivity index (χ4v) is 1.87. The normalized spacial score (nSPS) is 10.9. The fourth-order valence-electron chi connectivity index (χ4n) is 1.87. The maximum absolute atomic E-state index is 12.2. The summed E-state index contributed by atoms with van der Waals surface area (Å²) in [5, 5.41) is 0. The van der Waals surface area contributed by atoms with Crippen LogP contribution in [0, 0.1) is 6.92 Å². The van der Waals surface area contributed by atoms with Crippen LogP contribution in [-0.2, 0) is 0 Å². The monoisotopic (exact) mass is 225 g/mol. The second kappa shape index (κ2) is 3.59. The van der Waals surface area contributed by atoms with Crippen molar-refractivity contribution in [2.24, 2.45) is 0 Å². The number of rotatable bonds is 1. The maximum atomic E-state index is 12.2. The van der Waals surface area contributed by atoms with E-state index in [1.807, 2.05) is 37.5 Å². The van der Waals surface area contributed by atoms with E-state index in [2.05, 4.69) is 4.98 Å². The molecule has 0 N–H and O–H groups in total. The van der Waals surface area contributed by atoms with Crippen molar-refractivity contribution in [1.29, 1.82) is 0 Å². The highest BCUT2D eigenvalue weighted by molar-refractivity contribution is 5.46. The van der Waals surface area contributed by atoms with Crippen molar-refractivity contribution in [3.05, 3.63) is 65.0 Å². The van der Waals surface area contributed by atoms with Gasteiger partial charge in [-0.2, -0.15) is 0 Å². The molecule has 4 nitrogen and oxygen atoms in total. The first kappa shape index (κ1) is 9.84. The largest absolute Gasteiger partial charge is 0.318 e. The molecule has 0 saturated carbocycles. The molecule has 4 heteroatoms. The van der Waals surface area contributed by atoms with Crippen LogP contribution < -0.4 is 5.56 Å². The van der Waals surface area contributed by atoms with Crippen LogP contribution in [0.15, 0.2) is 53.8 Å². The standard InChI is InChI=1S/C13H11N3O/c1-10-4-5-14-12(9-10)16-8-7-15-6-2-3-11(15)13(16)17/h2-9H,1H3. The predicted octanol–water partition coefficient (Wildman–Crippen LogP) is 1.79. The summed E-state index contributed by atoms with van der Waals surface area (Å²) < 4.78 is 3.36. The third-order valence-electron chi connectivity index (χ3n) is 2.74. The molecular weight excluding hydrogens is 214 g/mol. The molecule has 0 radical (unpaired) electrons. The van der Waals surface area contributed by atoms with E-state index in [0.29, 0.717) is 11.3 Å². The van der Waals surface area contributed by atoms with Gasteiger partial charge in [-0.05, 0) is 36.8 Å². The van der Waals surface area contributed by atoms with Crippen molar-refractivity contribution < 1.29 is 0 Å². The molecule has 0 fully saturated rings. The van der Waals surface area contributed by atoms with Crippen molar-refractivity contribution in [3.63, 3.8) is 0 Å². The average molecular weight is 225 g/mol. The van der Waals surface area contributed by atoms with Gasteiger partial charge in [0, 0.05) is 24.8 Å². The molecule has 0 aromatic carbocycles. The van der Waals surface area contributed by atoms with Gasteiger partial charge in [0.05, 0.1) is 0 Å². The summed E-state index contributed by atoms with van der Waals surface area (Å²) in [4.78, 5) is 16.4. The van der Waals surface area contributed by atoms with Crippen molar-refractivity contribution in [3.8, 4) is 5.82 Å². The Kier molecular flexibility index (Phi) is 2.08. The first-order valence-electron chi connectivity index (χ1n) is 5.37. The fraction of sp³-hybridized carbons (Fsp3) is 0.0769. The van der Waals surface area contributed by atoms with Crippen LogP contribution in [0.3, 0.4) is 0 Å². The summed E-state index contributed by atoms with van der Waals surface area (Å²) >= 11 is 0. The van der Waals surface area contributed by atoms with Gasteiger partial charge in [-0.25, -0.2) is 4.98 Å². The van der Waals surface area contributed by atoms with E-state index in [-0.39, 0.29) is 5.56 Å². The number of hydrogen-bond donors (Lipinski definition) is 0. The Morgan fingerprint density at radius 1 is 1.18 bits per heavy atom. The zero-order chi connectivity index (χ0) is 11.8. The van der Waals surface area contributed by atoms with Gasteiger partial charge >= 0.3 is 0 Å². The first-order chi connectivity index (χ1) is 8.25. The van der Waals surface area contributed by atoms with E-state index < -0.39 is 0 Å². The molecular formula is C13H11N3O. The number of pyridine rings is 1. The highest BCUT2D eigenvalue weighted by Crippen LogP contribution is 2.05. The number of hydrogen-bond acceptors (Lipinski definition) is 2. The summed E-state index contributed by atoms with van der Waals surface area (Å²) in [5.74, 6) is 0.652. The van der Waals surface area contributed by atoms with Crippen molar-refractivity contribution in [2.45, 2.75) is 6.92 Å². The SMILES string of the molecule is Cc1ccnc(-n2ccn3cccc3c2=O)c1. The average Bonchev–Trinajstić information content (AvgIpc) is 2.78. The Labute approximate surface area is 97.8 Å². The second-order valence-electron chi connectivity index (χ2n) is 3.97. The summed E-state index contributed by atoms with van der Waals surface area (Å²) in [7, 11) is 0. The molecule has 3 rings (SSSR count). The molecule has 17 heavy (non-hydrogen) atoms. The molecule has 3 heterocycles. The minimum atomic E-state index is -0.0596. The molecule has 0 amide bonds.